The summed E-state index contributed by atoms with van der Waals surface area (Å²) in [5, 5.41) is 10.8. The normalized spacial score (nSPS) is 14.5. The van der Waals surface area contributed by atoms with Crippen LogP contribution in [0, 0.1) is 0 Å². The van der Waals surface area contributed by atoms with E-state index in [-0.39, 0.29) is 12.5 Å². The van der Waals surface area contributed by atoms with E-state index in [9.17, 15) is 4.79 Å². The van der Waals surface area contributed by atoms with Gasteiger partial charge in [0.25, 0.3) is 0 Å². The number of aromatic amines is 1. The minimum Gasteiger partial charge on any atom is -0.338 e. The standard InChI is InChI=1S/C15H15N5O/c21-13(16-15-17-14(18-19-15)11-5-6-11)9-20-8-7-10-3-1-2-4-12(10)20/h1-4,7-8,11H,5-6,9H2,(H2,16,17,18,19,21). The second kappa shape index (κ2) is 4.73. The van der Waals surface area contributed by atoms with E-state index in [1.165, 1.54) is 0 Å². The second-order valence-electron chi connectivity index (χ2n) is 5.37. The Hall–Kier alpha value is -2.63. The van der Waals surface area contributed by atoms with Gasteiger partial charge in [-0.2, -0.15) is 4.98 Å². The number of hydrogen-bond donors (Lipinski definition) is 2. The highest BCUT2D eigenvalue weighted by atomic mass is 16.2. The molecule has 0 bridgehead atoms. The number of anilines is 1. The fourth-order valence-electron chi connectivity index (χ4n) is 2.47. The van der Waals surface area contributed by atoms with Gasteiger partial charge in [-0.05, 0) is 30.4 Å². The van der Waals surface area contributed by atoms with Crippen molar-refractivity contribution in [1.82, 2.24) is 19.7 Å². The first-order valence-corrected chi connectivity index (χ1v) is 7.05. The van der Waals surface area contributed by atoms with Crippen molar-refractivity contribution in [2.75, 3.05) is 5.32 Å². The Balaban J connectivity index is 1.47. The van der Waals surface area contributed by atoms with Crippen LogP contribution >= 0.6 is 0 Å². The van der Waals surface area contributed by atoms with Crippen LogP contribution in [0.5, 0.6) is 0 Å². The van der Waals surface area contributed by atoms with E-state index in [0.717, 1.165) is 29.6 Å². The van der Waals surface area contributed by atoms with Gasteiger partial charge < -0.3 is 4.57 Å². The van der Waals surface area contributed by atoms with Crippen molar-refractivity contribution >= 4 is 22.8 Å². The molecule has 1 saturated carbocycles. The van der Waals surface area contributed by atoms with Crippen molar-refractivity contribution in [1.29, 1.82) is 0 Å². The van der Waals surface area contributed by atoms with Gasteiger partial charge in [0.1, 0.15) is 12.4 Å². The van der Waals surface area contributed by atoms with Gasteiger partial charge in [0.05, 0.1) is 0 Å². The summed E-state index contributed by atoms with van der Waals surface area (Å²) in [6.07, 6.45) is 4.22. The topological polar surface area (TPSA) is 75.6 Å². The number of carbonyl (C=O) groups excluding carboxylic acids is 1. The van der Waals surface area contributed by atoms with Crippen LogP contribution in [-0.4, -0.2) is 25.7 Å². The van der Waals surface area contributed by atoms with E-state index in [1.54, 1.807) is 0 Å². The summed E-state index contributed by atoms with van der Waals surface area (Å²) in [7, 11) is 0. The molecule has 1 fully saturated rings. The zero-order valence-corrected chi connectivity index (χ0v) is 11.4. The van der Waals surface area contributed by atoms with Gasteiger partial charge in [0.2, 0.25) is 11.9 Å². The lowest BCUT2D eigenvalue weighted by molar-refractivity contribution is -0.116. The molecule has 4 rings (SSSR count). The highest BCUT2D eigenvalue weighted by Gasteiger charge is 2.27. The fourth-order valence-corrected chi connectivity index (χ4v) is 2.47. The van der Waals surface area contributed by atoms with Gasteiger partial charge in [-0.3, -0.25) is 15.2 Å². The molecule has 3 aromatic rings. The van der Waals surface area contributed by atoms with Gasteiger partial charge in [-0.1, -0.05) is 18.2 Å². The molecule has 2 aromatic heterocycles. The summed E-state index contributed by atoms with van der Waals surface area (Å²) in [4.78, 5) is 16.4. The lowest BCUT2D eigenvalue weighted by Gasteiger charge is -2.04. The van der Waals surface area contributed by atoms with Crippen LogP contribution in [-0.2, 0) is 11.3 Å². The molecule has 0 atom stereocenters. The Morgan fingerprint density at radius 1 is 1.33 bits per heavy atom. The first-order chi connectivity index (χ1) is 10.3. The first kappa shape index (κ1) is 12.1. The summed E-state index contributed by atoms with van der Waals surface area (Å²) in [5.41, 5.74) is 1.04. The van der Waals surface area contributed by atoms with Gasteiger partial charge in [0.15, 0.2) is 0 Å². The van der Waals surface area contributed by atoms with E-state index in [2.05, 4.69) is 20.5 Å². The number of para-hydroxylation sites is 1. The molecule has 0 radical (unpaired) electrons. The number of amides is 1. The van der Waals surface area contributed by atoms with Crippen LogP contribution < -0.4 is 5.32 Å². The van der Waals surface area contributed by atoms with Crippen molar-refractivity contribution in [3.8, 4) is 0 Å². The Kier molecular flexibility index (Phi) is 2.73. The second-order valence-corrected chi connectivity index (χ2v) is 5.37. The summed E-state index contributed by atoms with van der Waals surface area (Å²) in [6, 6.07) is 9.98. The maximum atomic E-state index is 12.1. The molecule has 0 aliphatic heterocycles. The fraction of sp³-hybridized carbons (Fsp3) is 0.267. The lowest BCUT2D eigenvalue weighted by Crippen LogP contribution is -2.19. The van der Waals surface area contributed by atoms with Crippen molar-refractivity contribution < 1.29 is 4.79 Å². The average molecular weight is 281 g/mol. The predicted molar refractivity (Wildman–Crippen MR) is 78.9 cm³/mol. The number of fused-ring (bicyclic) bond motifs is 1. The maximum absolute atomic E-state index is 12.1. The number of rotatable bonds is 4. The SMILES string of the molecule is O=C(Cn1ccc2ccccc21)Nc1n[nH]c(C2CC2)n1. The number of benzene rings is 1. The van der Waals surface area contributed by atoms with Gasteiger partial charge >= 0.3 is 0 Å². The number of aromatic nitrogens is 4. The molecule has 106 valence electrons. The zero-order valence-electron chi connectivity index (χ0n) is 11.4. The van der Waals surface area contributed by atoms with Crippen LogP contribution in [0.2, 0.25) is 0 Å². The van der Waals surface area contributed by atoms with E-state index in [1.807, 2.05) is 41.1 Å². The monoisotopic (exact) mass is 281 g/mol. The van der Waals surface area contributed by atoms with Crippen LogP contribution in [0.3, 0.4) is 0 Å². The minimum absolute atomic E-state index is 0.127. The zero-order chi connectivity index (χ0) is 14.2. The van der Waals surface area contributed by atoms with Crippen LogP contribution in [0.4, 0.5) is 5.95 Å². The van der Waals surface area contributed by atoms with E-state index in [4.69, 9.17) is 0 Å². The molecule has 1 aliphatic rings. The third-order valence-corrected chi connectivity index (χ3v) is 3.71. The number of carbonyl (C=O) groups is 1. The molecule has 1 amide bonds. The van der Waals surface area contributed by atoms with Crippen molar-refractivity contribution in [3.63, 3.8) is 0 Å². The lowest BCUT2D eigenvalue weighted by atomic mass is 10.2. The Labute approximate surface area is 121 Å². The summed E-state index contributed by atoms with van der Waals surface area (Å²) in [5.74, 6) is 1.60. The highest BCUT2D eigenvalue weighted by Crippen LogP contribution is 2.38. The maximum Gasteiger partial charge on any atom is 0.248 e. The van der Waals surface area contributed by atoms with Crippen molar-refractivity contribution in [3.05, 3.63) is 42.4 Å². The van der Waals surface area contributed by atoms with E-state index >= 15 is 0 Å². The number of nitrogens with zero attached hydrogens (tertiary/aromatic N) is 3. The summed E-state index contributed by atoms with van der Waals surface area (Å²) < 4.78 is 1.92. The molecular weight excluding hydrogens is 266 g/mol. The third-order valence-electron chi connectivity index (χ3n) is 3.71. The molecule has 0 saturated heterocycles. The minimum atomic E-state index is -0.127. The van der Waals surface area contributed by atoms with Gasteiger partial charge in [-0.15, -0.1) is 5.10 Å². The number of nitrogens with one attached hydrogen (secondary N) is 2. The molecule has 6 heteroatoms. The molecular formula is C15H15N5O. The number of hydrogen-bond acceptors (Lipinski definition) is 3. The Bertz CT molecular complexity index is 799. The Morgan fingerprint density at radius 3 is 3.05 bits per heavy atom. The van der Waals surface area contributed by atoms with E-state index < -0.39 is 0 Å². The number of H-pyrrole nitrogens is 1. The largest absolute Gasteiger partial charge is 0.338 e. The van der Waals surface area contributed by atoms with Crippen LogP contribution in [0.15, 0.2) is 36.5 Å². The average Bonchev–Trinajstić information content (AvgIpc) is 3.12. The molecule has 21 heavy (non-hydrogen) atoms. The molecule has 1 aromatic carbocycles. The van der Waals surface area contributed by atoms with Crippen molar-refractivity contribution in [2.24, 2.45) is 0 Å². The van der Waals surface area contributed by atoms with Crippen LogP contribution in [0.25, 0.3) is 10.9 Å². The highest BCUT2D eigenvalue weighted by molar-refractivity contribution is 5.90. The first-order valence-electron chi connectivity index (χ1n) is 7.05. The smallest absolute Gasteiger partial charge is 0.248 e. The molecule has 1 aliphatic carbocycles. The quantitative estimate of drug-likeness (QED) is 0.770. The molecule has 0 unspecified atom stereocenters. The van der Waals surface area contributed by atoms with Crippen molar-refractivity contribution in [2.45, 2.75) is 25.3 Å². The Morgan fingerprint density at radius 2 is 2.19 bits per heavy atom. The van der Waals surface area contributed by atoms with Gasteiger partial charge in [0, 0.05) is 17.6 Å². The summed E-state index contributed by atoms with van der Waals surface area (Å²) in [6.45, 7) is 0.251. The van der Waals surface area contributed by atoms with Crippen LogP contribution in [0.1, 0.15) is 24.6 Å². The third kappa shape index (κ3) is 2.40. The van der Waals surface area contributed by atoms with E-state index in [0.29, 0.717) is 11.9 Å². The molecule has 2 N–H and O–H groups in total. The molecule has 2 heterocycles. The molecule has 0 spiro atoms. The predicted octanol–water partition coefficient (Wildman–Crippen LogP) is 2.28. The summed E-state index contributed by atoms with van der Waals surface area (Å²) >= 11 is 0. The van der Waals surface area contributed by atoms with Gasteiger partial charge in [-0.25, -0.2) is 0 Å². The molecule has 6 nitrogen and oxygen atoms in total.